The molecular formula is C19H38N2. The smallest absolute Gasteiger partial charge is 0.0274 e. The molecule has 1 aliphatic heterocycles. The molecule has 1 N–H and O–H groups in total. The van der Waals surface area contributed by atoms with Crippen LogP contribution >= 0.6 is 0 Å². The van der Waals surface area contributed by atoms with Crippen LogP contribution in [0.4, 0.5) is 0 Å². The van der Waals surface area contributed by atoms with Crippen LogP contribution in [-0.2, 0) is 0 Å². The summed E-state index contributed by atoms with van der Waals surface area (Å²) >= 11 is 0. The number of hydrogen-bond acceptors (Lipinski definition) is 2. The minimum Gasteiger partial charge on any atom is -0.312 e. The molecule has 1 saturated heterocycles. The van der Waals surface area contributed by atoms with Crippen molar-refractivity contribution in [1.82, 2.24) is 10.2 Å². The van der Waals surface area contributed by atoms with E-state index in [9.17, 15) is 0 Å². The van der Waals surface area contributed by atoms with Crippen LogP contribution in [0.3, 0.4) is 0 Å². The summed E-state index contributed by atoms with van der Waals surface area (Å²) in [5.74, 6) is 0. The number of likely N-dealkylation sites (tertiary alicyclic amines) is 1. The van der Waals surface area contributed by atoms with Crippen molar-refractivity contribution in [2.75, 3.05) is 19.6 Å². The molecule has 0 amide bonds. The van der Waals surface area contributed by atoms with Crippen molar-refractivity contribution in [3.63, 3.8) is 0 Å². The van der Waals surface area contributed by atoms with Crippen LogP contribution in [-0.4, -0.2) is 36.6 Å². The van der Waals surface area contributed by atoms with Gasteiger partial charge in [0.25, 0.3) is 0 Å². The average Bonchev–Trinajstić information content (AvgIpc) is 2.57. The molecule has 2 heteroatoms. The van der Waals surface area contributed by atoms with Crippen molar-refractivity contribution in [2.24, 2.45) is 10.8 Å². The zero-order valence-electron chi connectivity index (χ0n) is 15.2. The fraction of sp³-hybridized carbons (Fsp3) is 1.00. The highest BCUT2D eigenvalue weighted by molar-refractivity contribution is 4.98. The molecular weight excluding hydrogens is 256 g/mol. The molecule has 0 spiro atoms. The van der Waals surface area contributed by atoms with E-state index in [1.807, 2.05) is 0 Å². The van der Waals surface area contributed by atoms with Gasteiger partial charge in [-0.2, -0.15) is 0 Å². The van der Waals surface area contributed by atoms with Crippen molar-refractivity contribution in [3.05, 3.63) is 0 Å². The normalized spacial score (nSPS) is 33.6. The molecule has 2 aliphatic rings. The van der Waals surface area contributed by atoms with Crippen LogP contribution in [0.1, 0.15) is 79.6 Å². The van der Waals surface area contributed by atoms with Gasteiger partial charge in [0, 0.05) is 12.1 Å². The largest absolute Gasteiger partial charge is 0.312 e. The summed E-state index contributed by atoms with van der Waals surface area (Å²) in [4.78, 5) is 2.84. The van der Waals surface area contributed by atoms with Crippen molar-refractivity contribution >= 4 is 0 Å². The number of rotatable bonds is 4. The molecule has 0 aromatic carbocycles. The summed E-state index contributed by atoms with van der Waals surface area (Å²) in [6, 6.07) is 1.43. The topological polar surface area (TPSA) is 15.3 Å². The molecule has 21 heavy (non-hydrogen) atoms. The van der Waals surface area contributed by atoms with E-state index in [0.717, 1.165) is 6.04 Å². The highest BCUT2D eigenvalue weighted by atomic mass is 15.2. The first kappa shape index (κ1) is 17.3. The molecule has 0 aromatic heterocycles. The molecule has 0 bridgehead atoms. The van der Waals surface area contributed by atoms with E-state index >= 15 is 0 Å². The van der Waals surface area contributed by atoms with Gasteiger partial charge in [0.15, 0.2) is 0 Å². The van der Waals surface area contributed by atoms with Gasteiger partial charge >= 0.3 is 0 Å². The molecule has 2 nitrogen and oxygen atoms in total. The second-order valence-corrected chi connectivity index (χ2v) is 8.93. The van der Waals surface area contributed by atoms with E-state index in [1.165, 1.54) is 64.6 Å². The van der Waals surface area contributed by atoms with E-state index in [-0.39, 0.29) is 0 Å². The second kappa shape index (κ2) is 7.00. The van der Waals surface area contributed by atoms with Crippen molar-refractivity contribution in [1.29, 1.82) is 0 Å². The monoisotopic (exact) mass is 294 g/mol. The van der Waals surface area contributed by atoms with E-state index in [2.05, 4.69) is 44.8 Å². The molecule has 2 rings (SSSR count). The lowest BCUT2D eigenvalue weighted by atomic mass is 9.70. The Bertz CT molecular complexity index is 322. The molecule has 124 valence electrons. The minimum atomic E-state index is 0.444. The lowest BCUT2D eigenvalue weighted by Gasteiger charge is -2.49. The first-order chi connectivity index (χ1) is 9.86. The summed E-state index contributed by atoms with van der Waals surface area (Å²) in [6.07, 6.45) is 9.56. The van der Waals surface area contributed by atoms with Crippen LogP contribution in [0.25, 0.3) is 0 Å². The highest BCUT2D eigenvalue weighted by Crippen LogP contribution is 2.39. The van der Waals surface area contributed by atoms with Gasteiger partial charge in [-0.1, -0.05) is 41.0 Å². The Morgan fingerprint density at radius 2 is 1.76 bits per heavy atom. The van der Waals surface area contributed by atoms with Gasteiger partial charge in [-0.3, -0.25) is 4.90 Å². The Labute approximate surface area is 133 Å². The maximum Gasteiger partial charge on any atom is 0.0274 e. The Balaban J connectivity index is 2.07. The quantitative estimate of drug-likeness (QED) is 0.824. The third kappa shape index (κ3) is 4.45. The van der Waals surface area contributed by atoms with Crippen LogP contribution in [0.5, 0.6) is 0 Å². The van der Waals surface area contributed by atoms with Crippen LogP contribution in [0.2, 0.25) is 0 Å². The fourth-order valence-corrected chi connectivity index (χ4v) is 4.49. The third-order valence-corrected chi connectivity index (χ3v) is 6.01. The molecule has 2 unspecified atom stereocenters. The minimum absolute atomic E-state index is 0.444. The van der Waals surface area contributed by atoms with Crippen molar-refractivity contribution < 1.29 is 0 Å². The Kier molecular flexibility index (Phi) is 5.76. The van der Waals surface area contributed by atoms with Gasteiger partial charge in [-0.05, 0) is 69.0 Å². The lowest BCUT2D eigenvalue weighted by Crippen LogP contribution is -2.59. The van der Waals surface area contributed by atoms with Crippen molar-refractivity contribution in [3.8, 4) is 0 Å². The maximum absolute atomic E-state index is 3.91. The van der Waals surface area contributed by atoms with Gasteiger partial charge in [0.2, 0.25) is 0 Å². The van der Waals surface area contributed by atoms with Crippen LogP contribution < -0.4 is 5.32 Å². The zero-order valence-corrected chi connectivity index (χ0v) is 15.2. The highest BCUT2D eigenvalue weighted by Gasteiger charge is 2.41. The zero-order chi connectivity index (χ0) is 15.5. The Morgan fingerprint density at radius 3 is 2.48 bits per heavy atom. The SMILES string of the molecule is CCCNC1C(N2CCCC(C)(C)CC2)CCCC1(C)C. The Morgan fingerprint density at radius 1 is 1.00 bits per heavy atom. The van der Waals surface area contributed by atoms with Gasteiger partial charge in [-0.25, -0.2) is 0 Å². The number of hydrogen-bond donors (Lipinski definition) is 1. The summed E-state index contributed by atoms with van der Waals surface area (Å²) in [6.45, 7) is 15.9. The lowest BCUT2D eigenvalue weighted by molar-refractivity contribution is 0.0486. The number of nitrogens with one attached hydrogen (secondary N) is 1. The molecule has 1 heterocycles. The Hall–Kier alpha value is -0.0800. The first-order valence-corrected chi connectivity index (χ1v) is 9.33. The summed E-state index contributed by atoms with van der Waals surface area (Å²) in [5.41, 5.74) is 0.991. The standard InChI is InChI=1S/C19H38N2/c1-6-13-20-17-16(9-7-11-19(17,4)5)21-14-8-10-18(2,3)12-15-21/h16-17,20H,6-15H2,1-5H3. The van der Waals surface area contributed by atoms with E-state index in [1.54, 1.807) is 0 Å². The summed E-state index contributed by atoms with van der Waals surface area (Å²) < 4.78 is 0. The predicted molar refractivity (Wildman–Crippen MR) is 92.7 cm³/mol. The van der Waals surface area contributed by atoms with Crippen LogP contribution in [0.15, 0.2) is 0 Å². The van der Waals surface area contributed by atoms with Crippen molar-refractivity contribution in [2.45, 2.75) is 91.6 Å². The maximum atomic E-state index is 3.91. The van der Waals surface area contributed by atoms with Crippen LogP contribution in [0, 0.1) is 10.8 Å². The fourth-order valence-electron chi connectivity index (χ4n) is 4.49. The molecule has 0 radical (unpaired) electrons. The third-order valence-electron chi connectivity index (χ3n) is 6.01. The molecule has 0 aromatic rings. The second-order valence-electron chi connectivity index (χ2n) is 8.93. The van der Waals surface area contributed by atoms with Gasteiger partial charge in [0.05, 0.1) is 0 Å². The average molecular weight is 295 g/mol. The molecule has 2 fully saturated rings. The van der Waals surface area contributed by atoms with E-state index in [4.69, 9.17) is 0 Å². The van der Waals surface area contributed by atoms with Gasteiger partial charge in [0.1, 0.15) is 0 Å². The summed E-state index contributed by atoms with van der Waals surface area (Å²) in [7, 11) is 0. The first-order valence-electron chi connectivity index (χ1n) is 9.33. The summed E-state index contributed by atoms with van der Waals surface area (Å²) in [5, 5.41) is 3.91. The predicted octanol–water partition coefficient (Wildman–Crippen LogP) is 4.45. The molecule has 2 atom stereocenters. The molecule has 1 aliphatic carbocycles. The molecule has 1 saturated carbocycles. The van der Waals surface area contributed by atoms with E-state index in [0.29, 0.717) is 16.9 Å². The van der Waals surface area contributed by atoms with E-state index < -0.39 is 0 Å². The van der Waals surface area contributed by atoms with Gasteiger partial charge < -0.3 is 5.32 Å². The number of nitrogens with zero attached hydrogens (tertiary/aromatic N) is 1. The van der Waals surface area contributed by atoms with Gasteiger partial charge in [-0.15, -0.1) is 0 Å².